The zero-order valence-corrected chi connectivity index (χ0v) is 12.3. The Morgan fingerprint density at radius 1 is 1.11 bits per heavy atom. The zero-order valence-electron chi connectivity index (χ0n) is 9.94. The molecule has 0 aromatic heterocycles. The molecule has 0 saturated carbocycles. The van der Waals surface area contributed by atoms with Crippen LogP contribution in [0.3, 0.4) is 0 Å². The second-order valence-electron chi connectivity index (χ2n) is 4.32. The number of rotatable bonds is 4. The van der Waals surface area contributed by atoms with E-state index < -0.39 is 0 Å². The summed E-state index contributed by atoms with van der Waals surface area (Å²) in [5, 5.41) is 0.764. The summed E-state index contributed by atoms with van der Waals surface area (Å²) in [4.78, 5) is 0. The van der Waals surface area contributed by atoms with Gasteiger partial charge >= 0.3 is 0 Å². The van der Waals surface area contributed by atoms with Crippen LogP contribution < -0.4 is 5.73 Å². The van der Waals surface area contributed by atoms with Gasteiger partial charge in [0.1, 0.15) is 0 Å². The zero-order chi connectivity index (χ0) is 13.0. The first-order valence-electron chi connectivity index (χ1n) is 5.89. The minimum Gasteiger partial charge on any atom is -0.330 e. The van der Waals surface area contributed by atoms with Crippen molar-refractivity contribution in [1.82, 2.24) is 0 Å². The molecule has 1 unspecified atom stereocenters. The molecule has 0 bridgehead atoms. The highest BCUT2D eigenvalue weighted by Crippen LogP contribution is 2.24. The fourth-order valence-electron chi connectivity index (χ4n) is 2.05. The molecule has 2 N–H and O–H groups in total. The molecule has 0 saturated heterocycles. The van der Waals surface area contributed by atoms with Crippen LogP contribution >= 0.6 is 27.5 Å². The standard InChI is InChI=1S/C15H15BrClN/c16-14-5-1-3-11(8-14)7-13(10-18)12-4-2-6-15(17)9-12/h1-6,8-9,13H,7,10,18H2. The Morgan fingerprint density at radius 3 is 2.56 bits per heavy atom. The molecule has 1 atom stereocenters. The lowest BCUT2D eigenvalue weighted by molar-refractivity contribution is 0.694. The molecular formula is C15H15BrClN. The van der Waals surface area contributed by atoms with Crippen molar-refractivity contribution in [3.63, 3.8) is 0 Å². The molecule has 0 radical (unpaired) electrons. The Kier molecular flexibility index (Phi) is 4.81. The van der Waals surface area contributed by atoms with Crippen LogP contribution in [0.5, 0.6) is 0 Å². The third-order valence-electron chi connectivity index (χ3n) is 2.98. The van der Waals surface area contributed by atoms with Crippen molar-refractivity contribution >= 4 is 27.5 Å². The Balaban J connectivity index is 2.19. The fraction of sp³-hybridized carbons (Fsp3) is 0.200. The number of hydrogen-bond acceptors (Lipinski definition) is 1. The minimum absolute atomic E-state index is 0.304. The maximum atomic E-state index is 6.03. The van der Waals surface area contributed by atoms with E-state index >= 15 is 0 Å². The smallest absolute Gasteiger partial charge is 0.0408 e. The van der Waals surface area contributed by atoms with Gasteiger partial charge in [-0.2, -0.15) is 0 Å². The van der Waals surface area contributed by atoms with Crippen LogP contribution in [-0.2, 0) is 6.42 Å². The van der Waals surface area contributed by atoms with Gasteiger partial charge in [0.25, 0.3) is 0 Å². The van der Waals surface area contributed by atoms with Gasteiger partial charge in [0.2, 0.25) is 0 Å². The van der Waals surface area contributed by atoms with E-state index in [9.17, 15) is 0 Å². The van der Waals surface area contributed by atoms with Crippen LogP contribution in [0, 0.1) is 0 Å². The summed E-state index contributed by atoms with van der Waals surface area (Å²) in [6.07, 6.45) is 0.927. The average molecular weight is 325 g/mol. The molecule has 94 valence electrons. The van der Waals surface area contributed by atoms with E-state index in [1.54, 1.807) is 0 Å². The third kappa shape index (κ3) is 3.58. The van der Waals surface area contributed by atoms with E-state index in [4.69, 9.17) is 17.3 Å². The Labute approximate surface area is 121 Å². The average Bonchev–Trinajstić information content (AvgIpc) is 2.36. The highest BCUT2D eigenvalue weighted by atomic mass is 79.9. The molecule has 0 aliphatic rings. The van der Waals surface area contributed by atoms with E-state index in [1.807, 2.05) is 30.3 Å². The molecule has 1 nitrogen and oxygen atoms in total. The van der Waals surface area contributed by atoms with E-state index in [0.717, 1.165) is 15.9 Å². The molecule has 0 fully saturated rings. The molecule has 0 aliphatic heterocycles. The Hall–Kier alpha value is -0.830. The van der Waals surface area contributed by atoms with Crippen molar-refractivity contribution in [3.8, 4) is 0 Å². The number of halogens is 2. The predicted molar refractivity (Wildman–Crippen MR) is 81.1 cm³/mol. The highest BCUT2D eigenvalue weighted by molar-refractivity contribution is 9.10. The molecule has 0 aliphatic carbocycles. The van der Waals surface area contributed by atoms with Crippen LogP contribution in [-0.4, -0.2) is 6.54 Å². The van der Waals surface area contributed by atoms with E-state index in [2.05, 4.69) is 34.1 Å². The SMILES string of the molecule is NCC(Cc1cccc(Br)c1)c1cccc(Cl)c1. The molecule has 2 rings (SSSR count). The van der Waals surface area contributed by atoms with Crippen molar-refractivity contribution in [2.45, 2.75) is 12.3 Å². The molecule has 2 aromatic carbocycles. The van der Waals surface area contributed by atoms with E-state index in [-0.39, 0.29) is 0 Å². The first kappa shape index (κ1) is 13.6. The van der Waals surface area contributed by atoms with Crippen LogP contribution in [0.25, 0.3) is 0 Å². The number of hydrogen-bond donors (Lipinski definition) is 1. The number of nitrogens with two attached hydrogens (primary N) is 1. The molecule has 0 heterocycles. The fourth-order valence-corrected chi connectivity index (χ4v) is 2.69. The van der Waals surface area contributed by atoms with Gasteiger partial charge in [-0.1, -0.05) is 51.8 Å². The summed E-state index contributed by atoms with van der Waals surface area (Å²) in [5.74, 6) is 0.304. The lowest BCUT2D eigenvalue weighted by Gasteiger charge is -2.15. The predicted octanol–water partition coefficient (Wildman–Crippen LogP) is 4.39. The monoisotopic (exact) mass is 323 g/mol. The largest absolute Gasteiger partial charge is 0.330 e. The van der Waals surface area contributed by atoms with Gasteiger partial charge in [-0.15, -0.1) is 0 Å². The first-order chi connectivity index (χ1) is 8.69. The van der Waals surface area contributed by atoms with Crippen LogP contribution in [0.4, 0.5) is 0 Å². The summed E-state index contributed by atoms with van der Waals surface area (Å²) >= 11 is 9.52. The first-order valence-corrected chi connectivity index (χ1v) is 7.06. The minimum atomic E-state index is 0.304. The molecule has 0 spiro atoms. The summed E-state index contributed by atoms with van der Waals surface area (Å²) in [5.41, 5.74) is 8.36. The summed E-state index contributed by atoms with van der Waals surface area (Å²) in [6.45, 7) is 0.618. The molecular weight excluding hydrogens is 310 g/mol. The Bertz CT molecular complexity index is 527. The molecule has 3 heteroatoms. The second-order valence-corrected chi connectivity index (χ2v) is 5.67. The second kappa shape index (κ2) is 6.37. The molecule has 2 aromatic rings. The van der Waals surface area contributed by atoms with E-state index in [1.165, 1.54) is 11.1 Å². The van der Waals surface area contributed by atoms with Gasteiger partial charge in [0.05, 0.1) is 0 Å². The van der Waals surface area contributed by atoms with Gasteiger partial charge in [0.15, 0.2) is 0 Å². The van der Waals surface area contributed by atoms with Crippen LogP contribution in [0.2, 0.25) is 5.02 Å². The third-order valence-corrected chi connectivity index (χ3v) is 3.70. The van der Waals surface area contributed by atoms with Crippen molar-refractivity contribution in [3.05, 3.63) is 69.2 Å². The van der Waals surface area contributed by atoms with Gasteiger partial charge < -0.3 is 5.73 Å². The van der Waals surface area contributed by atoms with Crippen molar-refractivity contribution in [2.75, 3.05) is 6.54 Å². The Morgan fingerprint density at radius 2 is 1.89 bits per heavy atom. The summed E-state index contributed by atoms with van der Waals surface area (Å²) < 4.78 is 1.10. The van der Waals surface area contributed by atoms with Crippen LogP contribution in [0.15, 0.2) is 53.0 Å². The topological polar surface area (TPSA) is 26.0 Å². The van der Waals surface area contributed by atoms with Gasteiger partial charge in [-0.05, 0) is 48.4 Å². The van der Waals surface area contributed by atoms with Crippen molar-refractivity contribution in [1.29, 1.82) is 0 Å². The lowest BCUT2D eigenvalue weighted by atomic mass is 9.92. The molecule has 0 amide bonds. The van der Waals surface area contributed by atoms with Gasteiger partial charge in [-0.25, -0.2) is 0 Å². The van der Waals surface area contributed by atoms with Crippen LogP contribution in [0.1, 0.15) is 17.0 Å². The summed E-state index contributed by atoms with van der Waals surface area (Å²) in [7, 11) is 0. The highest BCUT2D eigenvalue weighted by Gasteiger charge is 2.11. The number of benzene rings is 2. The maximum Gasteiger partial charge on any atom is 0.0408 e. The molecule has 18 heavy (non-hydrogen) atoms. The van der Waals surface area contributed by atoms with Gasteiger partial charge in [-0.3, -0.25) is 0 Å². The maximum absolute atomic E-state index is 6.03. The van der Waals surface area contributed by atoms with Crippen molar-refractivity contribution < 1.29 is 0 Å². The lowest BCUT2D eigenvalue weighted by Crippen LogP contribution is -2.15. The van der Waals surface area contributed by atoms with Gasteiger partial charge in [0, 0.05) is 15.4 Å². The normalized spacial score (nSPS) is 12.4. The van der Waals surface area contributed by atoms with Crippen molar-refractivity contribution in [2.24, 2.45) is 5.73 Å². The quantitative estimate of drug-likeness (QED) is 0.887. The summed E-state index contributed by atoms with van der Waals surface area (Å²) in [6, 6.07) is 16.3. The van der Waals surface area contributed by atoms with E-state index in [0.29, 0.717) is 12.5 Å².